The summed E-state index contributed by atoms with van der Waals surface area (Å²) in [5.41, 5.74) is 3.44. The molecule has 36 heavy (non-hydrogen) atoms. The second kappa shape index (κ2) is 36.8. The number of Topliss-reactive ketones (excluding diaryl/α,β-unsaturated/α-hetero) is 1. The van der Waals surface area contributed by atoms with Crippen molar-refractivity contribution in [2.75, 3.05) is 19.8 Å². The van der Waals surface area contributed by atoms with E-state index in [2.05, 4.69) is 18.2 Å². The van der Waals surface area contributed by atoms with Crippen molar-refractivity contribution in [3.05, 3.63) is 47.6 Å². The second-order valence-corrected chi connectivity index (χ2v) is 7.20. The largest absolute Gasteiger partial charge is 0.463 e. The zero-order valence-electron chi connectivity index (χ0n) is 24.4. The van der Waals surface area contributed by atoms with E-state index in [0.29, 0.717) is 19.6 Å². The number of hydrogen-bond acceptors (Lipinski definition) is 7. The number of carbonyl (C=O) groups excluding carboxylic acids is 4. The van der Waals surface area contributed by atoms with Gasteiger partial charge >= 0.3 is 11.9 Å². The lowest BCUT2D eigenvalue weighted by molar-refractivity contribution is -0.138. The fraction of sp³-hybridized carbons (Fsp3) is 0.586. The lowest BCUT2D eigenvalue weighted by Crippen LogP contribution is -1.99. The molecule has 0 rings (SSSR count). The molecule has 0 atom stereocenters. The van der Waals surface area contributed by atoms with Crippen LogP contribution in [0.5, 0.6) is 0 Å². The Morgan fingerprint density at radius 1 is 0.722 bits per heavy atom. The maximum Gasteiger partial charge on any atom is 0.330 e. The number of hydrogen-bond donors (Lipinski definition) is 1. The minimum atomic E-state index is -0.359. The highest BCUT2D eigenvalue weighted by atomic mass is 16.5. The molecule has 0 spiro atoms. The first-order valence-corrected chi connectivity index (χ1v) is 12.4. The number of ketones is 1. The van der Waals surface area contributed by atoms with E-state index in [0.717, 1.165) is 42.8 Å². The van der Waals surface area contributed by atoms with Crippen LogP contribution in [0.2, 0.25) is 0 Å². The van der Waals surface area contributed by atoms with Crippen LogP contribution < -0.4 is 0 Å². The normalized spacial score (nSPS) is 10.2. The average Bonchev–Trinajstić information content (AvgIpc) is 2.85. The van der Waals surface area contributed by atoms with Gasteiger partial charge in [-0.05, 0) is 66.9 Å². The van der Waals surface area contributed by atoms with Gasteiger partial charge in [0, 0.05) is 18.6 Å². The predicted molar refractivity (Wildman–Crippen MR) is 150 cm³/mol. The van der Waals surface area contributed by atoms with Crippen molar-refractivity contribution in [3.63, 3.8) is 0 Å². The van der Waals surface area contributed by atoms with Gasteiger partial charge in [0.2, 0.25) is 0 Å². The van der Waals surface area contributed by atoms with Gasteiger partial charge in [-0.2, -0.15) is 0 Å². The predicted octanol–water partition coefficient (Wildman–Crippen LogP) is 6.50. The molecule has 7 heteroatoms. The van der Waals surface area contributed by atoms with Crippen LogP contribution in [0.3, 0.4) is 0 Å². The second-order valence-electron chi connectivity index (χ2n) is 7.20. The van der Waals surface area contributed by atoms with Gasteiger partial charge in [0.25, 0.3) is 0 Å². The minimum Gasteiger partial charge on any atom is -0.463 e. The third-order valence-corrected chi connectivity index (χ3v) is 4.07. The van der Waals surface area contributed by atoms with Gasteiger partial charge in [0.15, 0.2) is 0 Å². The number of aliphatic hydroxyl groups is 1. The molecule has 0 bridgehead atoms. The lowest BCUT2D eigenvalue weighted by Gasteiger charge is -1.96. The first-order chi connectivity index (χ1) is 16.9. The maximum atomic E-state index is 10.7. The molecule has 0 aromatic carbocycles. The van der Waals surface area contributed by atoms with Gasteiger partial charge in [-0.25, -0.2) is 9.59 Å². The van der Waals surface area contributed by atoms with Crippen LogP contribution in [0.1, 0.15) is 94.9 Å². The summed E-state index contributed by atoms with van der Waals surface area (Å²) < 4.78 is 9.13. The van der Waals surface area contributed by atoms with Crippen LogP contribution in [0.25, 0.3) is 0 Å². The fourth-order valence-corrected chi connectivity index (χ4v) is 1.22. The summed E-state index contributed by atoms with van der Waals surface area (Å²) in [7, 11) is 0. The average molecular weight is 513 g/mol. The molecule has 0 saturated carbocycles. The maximum absolute atomic E-state index is 10.7. The highest BCUT2D eigenvalue weighted by molar-refractivity contribution is 5.82. The summed E-state index contributed by atoms with van der Waals surface area (Å²) in [6, 6.07) is 0. The summed E-state index contributed by atoms with van der Waals surface area (Å²) in [5, 5.41) is 8.29. The van der Waals surface area contributed by atoms with Gasteiger partial charge in [0.05, 0.1) is 19.8 Å². The molecule has 0 heterocycles. The summed E-state index contributed by atoms with van der Waals surface area (Å²) in [6.45, 7) is 23.2. The van der Waals surface area contributed by atoms with E-state index >= 15 is 0 Å². The number of ether oxygens (including phenoxy) is 2. The van der Waals surface area contributed by atoms with Crippen molar-refractivity contribution in [2.24, 2.45) is 0 Å². The quantitative estimate of drug-likeness (QED) is 0.154. The Kier molecular flexibility index (Phi) is 44.2. The molecule has 0 aliphatic carbocycles. The molecule has 0 radical (unpaired) electrons. The Morgan fingerprint density at radius 3 is 1.33 bits per heavy atom. The van der Waals surface area contributed by atoms with Crippen molar-refractivity contribution in [1.29, 1.82) is 0 Å². The van der Waals surface area contributed by atoms with E-state index in [1.807, 2.05) is 47.6 Å². The standard InChI is InChI=1S/C8H14O2.C6H12O.C6H10O.C5H8O2.C4H8O/c1-4-7(3)6-8(9)10-5-2;2*1-3-6(2)4-5-7;1-3-5(6)7-4-2;1-3-4(2)5/h6H,4-5H2,1-3H3;4,7H,3,5H2,1-2H3;4-5H,3H2,1-2H3;3H,1,4H2,2H3;3H2,1-2H3/b7-6+;2*6-4+;;. The zero-order chi connectivity index (χ0) is 29.4. The molecule has 0 unspecified atom stereocenters. The Hall–Kier alpha value is -2.80. The number of allylic oxidation sites excluding steroid dienone is 4. The van der Waals surface area contributed by atoms with Crippen molar-refractivity contribution in [3.8, 4) is 0 Å². The van der Waals surface area contributed by atoms with E-state index in [4.69, 9.17) is 9.84 Å². The molecule has 210 valence electrons. The smallest absolute Gasteiger partial charge is 0.330 e. The van der Waals surface area contributed by atoms with Crippen LogP contribution in [0.15, 0.2) is 47.6 Å². The van der Waals surface area contributed by atoms with Crippen LogP contribution in [0, 0.1) is 0 Å². The van der Waals surface area contributed by atoms with Gasteiger partial charge in [-0.3, -0.25) is 4.79 Å². The Bertz CT molecular complexity index is 657. The molecule has 0 aromatic rings. The molecule has 0 amide bonds. The molecular weight excluding hydrogens is 460 g/mol. The topological polar surface area (TPSA) is 107 Å². The van der Waals surface area contributed by atoms with Gasteiger partial charge in [-0.1, -0.05) is 57.1 Å². The Balaban J connectivity index is -0.000000113. The fourth-order valence-electron chi connectivity index (χ4n) is 1.22. The monoisotopic (exact) mass is 512 g/mol. The SMILES string of the molecule is C=CC(=O)OCC.CC/C(C)=C/C=O.CC/C(C)=C/CO.CCC(C)=O.CCOC(=O)/C=C(\C)CC. The molecular formula is C29H52O7. The number of aliphatic hydroxyl groups excluding tert-OH is 1. The molecule has 0 fully saturated rings. The number of aldehydes is 1. The Morgan fingerprint density at radius 2 is 1.14 bits per heavy atom. The van der Waals surface area contributed by atoms with Crippen LogP contribution in [0.4, 0.5) is 0 Å². The first-order valence-electron chi connectivity index (χ1n) is 12.4. The highest BCUT2D eigenvalue weighted by Crippen LogP contribution is 1.97. The minimum absolute atomic E-state index is 0.180. The van der Waals surface area contributed by atoms with Crippen LogP contribution >= 0.6 is 0 Å². The third kappa shape index (κ3) is 52.9. The van der Waals surface area contributed by atoms with Crippen molar-refractivity contribution in [2.45, 2.75) is 94.9 Å². The van der Waals surface area contributed by atoms with Crippen molar-refractivity contribution < 1.29 is 33.8 Å². The van der Waals surface area contributed by atoms with E-state index in [1.165, 1.54) is 11.6 Å². The summed E-state index contributed by atoms with van der Waals surface area (Å²) in [4.78, 5) is 40.3. The number of esters is 2. The summed E-state index contributed by atoms with van der Waals surface area (Å²) >= 11 is 0. The van der Waals surface area contributed by atoms with E-state index in [9.17, 15) is 19.2 Å². The Labute approximate surface area is 220 Å². The highest BCUT2D eigenvalue weighted by Gasteiger charge is 1.94. The summed E-state index contributed by atoms with van der Waals surface area (Å²) in [5.74, 6) is -0.339. The molecule has 0 aliphatic rings. The number of carbonyl (C=O) groups is 4. The van der Waals surface area contributed by atoms with Gasteiger partial charge in [-0.15, -0.1) is 0 Å². The van der Waals surface area contributed by atoms with Crippen LogP contribution in [-0.4, -0.2) is 48.9 Å². The number of rotatable bonds is 10. The molecule has 0 aliphatic heterocycles. The third-order valence-electron chi connectivity index (χ3n) is 4.07. The van der Waals surface area contributed by atoms with Gasteiger partial charge in [0.1, 0.15) is 12.1 Å². The molecule has 0 aromatic heterocycles. The molecule has 1 N–H and O–H groups in total. The van der Waals surface area contributed by atoms with Crippen LogP contribution in [-0.2, 0) is 28.7 Å². The van der Waals surface area contributed by atoms with Crippen molar-refractivity contribution >= 4 is 24.0 Å². The van der Waals surface area contributed by atoms with E-state index in [1.54, 1.807) is 26.8 Å². The zero-order valence-corrected chi connectivity index (χ0v) is 24.4. The lowest BCUT2D eigenvalue weighted by atomic mass is 10.2. The van der Waals surface area contributed by atoms with E-state index in [-0.39, 0.29) is 24.3 Å². The van der Waals surface area contributed by atoms with E-state index < -0.39 is 0 Å². The van der Waals surface area contributed by atoms with Gasteiger partial charge < -0.3 is 19.4 Å². The summed E-state index contributed by atoms with van der Waals surface area (Å²) in [6.07, 6.45) is 10.5. The van der Waals surface area contributed by atoms with Crippen molar-refractivity contribution in [1.82, 2.24) is 0 Å². The molecule has 7 nitrogen and oxygen atoms in total. The molecule has 0 saturated heterocycles. The first kappa shape index (κ1) is 43.3.